The third-order valence-electron chi connectivity index (χ3n) is 1.67. The average Bonchev–Trinajstić information content (AvgIpc) is 2.17. The number of aliphatic hydroxyl groups is 2. The first-order valence-corrected chi connectivity index (χ1v) is 3.67. The van der Waals surface area contributed by atoms with E-state index in [4.69, 9.17) is 15.5 Å². The predicted molar refractivity (Wildman–Crippen MR) is 43.2 cm³/mol. The van der Waals surface area contributed by atoms with Crippen LogP contribution in [-0.2, 0) is 0 Å². The van der Waals surface area contributed by atoms with Crippen molar-refractivity contribution < 1.29 is 14.6 Å². The summed E-state index contributed by atoms with van der Waals surface area (Å²) in [6.45, 7) is -0.448. The standard InChI is InChI=1S/C9H8FNO2/c10-8-2-1-6(9(13)5-12)3-7(8)4-11/h1-3,9,12-13H,5H2. The summed E-state index contributed by atoms with van der Waals surface area (Å²) in [6.07, 6.45) is -1.06. The van der Waals surface area contributed by atoms with Crippen molar-refractivity contribution in [2.75, 3.05) is 6.61 Å². The highest BCUT2D eigenvalue weighted by Gasteiger charge is 2.08. The van der Waals surface area contributed by atoms with Gasteiger partial charge in [0.15, 0.2) is 0 Å². The molecule has 0 radical (unpaired) electrons. The van der Waals surface area contributed by atoms with Crippen molar-refractivity contribution in [2.45, 2.75) is 6.10 Å². The van der Waals surface area contributed by atoms with E-state index in [1.54, 1.807) is 6.07 Å². The lowest BCUT2D eigenvalue weighted by molar-refractivity contribution is 0.0955. The molecule has 0 fully saturated rings. The van der Waals surface area contributed by atoms with E-state index in [1.807, 2.05) is 0 Å². The minimum absolute atomic E-state index is 0.134. The Balaban J connectivity index is 3.08. The maximum atomic E-state index is 12.8. The van der Waals surface area contributed by atoms with Gasteiger partial charge in [0, 0.05) is 0 Å². The molecule has 4 heteroatoms. The van der Waals surface area contributed by atoms with Gasteiger partial charge in [0.2, 0.25) is 0 Å². The van der Waals surface area contributed by atoms with Crippen LogP contribution in [0.1, 0.15) is 17.2 Å². The van der Waals surface area contributed by atoms with Crippen LogP contribution in [-0.4, -0.2) is 16.8 Å². The minimum Gasteiger partial charge on any atom is -0.393 e. The summed E-state index contributed by atoms with van der Waals surface area (Å²) in [7, 11) is 0. The van der Waals surface area contributed by atoms with Gasteiger partial charge in [-0.1, -0.05) is 6.07 Å². The second kappa shape index (κ2) is 3.99. The van der Waals surface area contributed by atoms with Crippen molar-refractivity contribution in [3.63, 3.8) is 0 Å². The maximum absolute atomic E-state index is 12.8. The summed E-state index contributed by atoms with van der Waals surface area (Å²) in [4.78, 5) is 0. The van der Waals surface area contributed by atoms with Crippen molar-refractivity contribution in [1.29, 1.82) is 5.26 Å². The maximum Gasteiger partial charge on any atom is 0.140 e. The Morgan fingerprint density at radius 1 is 1.54 bits per heavy atom. The molecule has 0 aliphatic carbocycles. The van der Waals surface area contributed by atoms with Gasteiger partial charge in [-0.05, 0) is 17.7 Å². The zero-order chi connectivity index (χ0) is 9.84. The van der Waals surface area contributed by atoms with Crippen LogP contribution in [0.2, 0.25) is 0 Å². The summed E-state index contributed by atoms with van der Waals surface area (Å²) < 4.78 is 12.8. The Bertz CT molecular complexity index is 346. The van der Waals surface area contributed by atoms with Gasteiger partial charge >= 0.3 is 0 Å². The summed E-state index contributed by atoms with van der Waals surface area (Å²) in [5.74, 6) is -0.628. The van der Waals surface area contributed by atoms with Gasteiger partial charge in [-0.25, -0.2) is 4.39 Å². The van der Waals surface area contributed by atoms with Crippen molar-refractivity contribution in [3.05, 3.63) is 35.1 Å². The normalized spacial score (nSPS) is 12.2. The minimum atomic E-state index is -1.06. The van der Waals surface area contributed by atoms with E-state index >= 15 is 0 Å². The molecule has 0 aliphatic heterocycles. The highest BCUT2D eigenvalue weighted by atomic mass is 19.1. The van der Waals surface area contributed by atoms with Gasteiger partial charge in [-0.2, -0.15) is 5.26 Å². The van der Waals surface area contributed by atoms with E-state index in [2.05, 4.69) is 0 Å². The predicted octanol–water partition coefficient (Wildman–Crippen LogP) is 0.723. The summed E-state index contributed by atoms with van der Waals surface area (Å²) in [5.41, 5.74) is 0.199. The molecule has 0 amide bonds. The van der Waals surface area contributed by atoms with Gasteiger partial charge in [0.05, 0.1) is 12.2 Å². The third kappa shape index (κ3) is 2.02. The third-order valence-corrected chi connectivity index (χ3v) is 1.67. The number of aliphatic hydroxyl groups excluding tert-OH is 2. The number of benzene rings is 1. The number of halogens is 1. The molecular formula is C9H8FNO2. The topological polar surface area (TPSA) is 64.2 Å². The van der Waals surface area contributed by atoms with Crippen LogP contribution in [0, 0.1) is 17.1 Å². The summed E-state index contributed by atoms with van der Waals surface area (Å²) in [6, 6.07) is 5.29. The first-order valence-electron chi connectivity index (χ1n) is 3.67. The SMILES string of the molecule is N#Cc1cc(C(O)CO)ccc1F. The fraction of sp³-hybridized carbons (Fsp3) is 0.222. The van der Waals surface area contributed by atoms with Gasteiger partial charge in [0.25, 0.3) is 0 Å². The molecule has 0 bridgehead atoms. The highest BCUT2D eigenvalue weighted by molar-refractivity contribution is 5.35. The molecular weight excluding hydrogens is 173 g/mol. The number of nitrogens with zero attached hydrogens (tertiary/aromatic N) is 1. The molecule has 0 aliphatic rings. The average molecular weight is 181 g/mol. The number of hydrogen-bond donors (Lipinski definition) is 2. The van der Waals surface area contributed by atoms with E-state index in [-0.39, 0.29) is 5.56 Å². The van der Waals surface area contributed by atoms with Crippen molar-refractivity contribution in [1.82, 2.24) is 0 Å². The van der Waals surface area contributed by atoms with Crippen LogP contribution >= 0.6 is 0 Å². The van der Waals surface area contributed by atoms with Gasteiger partial charge in [0.1, 0.15) is 18.0 Å². The lowest BCUT2D eigenvalue weighted by Crippen LogP contribution is -2.03. The molecule has 0 aromatic heterocycles. The fourth-order valence-corrected chi connectivity index (χ4v) is 0.941. The molecule has 1 unspecified atom stereocenters. The molecule has 1 aromatic carbocycles. The Hall–Kier alpha value is -1.44. The van der Waals surface area contributed by atoms with Gasteiger partial charge in [-0.3, -0.25) is 0 Å². The van der Waals surface area contributed by atoms with Crippen LogP contribution < -0.4 is 0 Å². The van der Waals surface area contributed by atoms with Crippen molar-refractivity contribution in [3.8, 4) is 6.07 Å². The lowest BCUT2D eigenvalue weighted by Gasteiger charge is -2.07. The Labute approximate surface area is 74.7 Å². The molecule has 13 heavy (non-hydrogen) atoms. The molecule has 0 saturated carbocycles. The van der Waals surface area contributed by atoms with Gasteiger partial charge < -0.3 is 10.2 Å². The number of rotatable bonds is 2. The molecule has 3 nitrogen and oxygen atoms in total. The van der Waals surface area contributed by atoms with Crippen LogP contribution in [0.3, 0.4) is 0 Å². The smallest absolute Gasteiger partial charge is 0.140 e. The highest BCUT2D eigenvalue weighted by Crippen LogP contribution is 2.15. The van der Waals surface area contributed by atoms with Crippen LogP contribution in [0.15, 0.2) is 18.2 Å². The first-order chi connectivity index (χ1) is 6.19. The van der Waals surface area contributed by atoms with E-state index < -0.39 is 18.5 Å². The molecule has 0 spiro atoms. The molecule has 1 rings (SSSR count). The van der Waals surface area contributed by atoms with Crippen molar-refractivity contribution >= 4 is 0 Å². The molecule has 0 saturated heterocycles. The Kier molecular flexibility index (Phi) is 2.96. The van der Waals surface area contributed by atoms with E-state index in [9.17, 15) is 4.39 Å². The Morgan fingerprint density at radius 2 is 2.23 bits per heavy atom. The van der Waals surface area contributed by atoms with Crippen molar-refractivity contribution in [2.24, 2.45) is 0 Å². The van der Waals surface area contributed by atoms with E-state index in [1.165, 1.54) is 12.1 Å². The molecule has 2 N–H and O–H groups in total. The molecule has 1 aromatic rings. The largest absolute Gasteiger partial charge is 0.393 e. The second-order valence-electron chi connectivity index (χ2n) is 2.55. The van der Waals surface area contributed by atoms with E-state index in [0.717, 1.165) is 6.07 Å². The first kappa shape index (κ1) is 9.65. The van der Waals surface area contributed by atoms with Crippen LogP contribution in [0.25, 0.3) is 0 Å². The number of hydrogen-bond acceptors (Lipinski definition) is 3. The molecule has 1 atom stereocenters. The zero-order valence-corrected chi connectivity index (χ0v) is 6.74. The summed E-state index contributed by atoms with van der Waals surface area (Å²) >= 11 is 0. The fourth-order valence-electron chi connectivity index (χ4n) is 0.941. The molecule has 68 valence electrons. The summed E-state index contributed by atoms with van der Waals surface area (Å²) in [5, 5.41) is 26.2. The van der Waals surface area contributed by atoms with Gasteiger partial charge in [-0.15, -0.1) is 0 Å². The van der Waals surface area contributed by atoms with Crippen LogP contribution in [0.5, 0.6) is 0 Å². The quantitative estimate of drug-likeness (QED) is 0.706. The number of nitriles is 1. The Morgan fingerprint density at radius 3 is 2.77 bits per heavy atom. The van der Waals surface area contributed by atoms with E-state index in [0.29, 0.717) is 5.56 Å². The molecule has 0 heterocycles. The monoisotopic (exact) mass is 181 g/mol. The van der Waals surface area contributed by atoms with Crippen LogP contribution in [0.4, 0.5) is 4.39 Å². The zero-order valence-electron chi connectivity index (χ0n) is 6.74. The lowest BCUT2D eigenvalue weighted by atomic mass is 10.1. The second-order valence-corrected chi connectivity index (χ2v) is 2.55.